The van der Waals surface area contributed by atoms with Crippen molar-refractivity contribution in [3.05, 3.63) is 16.1 Å². The third-order valence-electron chi connectivity index (χ3n) is 1.50. The van der Waals surface area contributed by atoms with Crippen LogP contribution in [0.25, 0.3) is 0 Å². The van der Waals surface area contributed by atoms with Gasteiger partial charge in [0.2, 0.25) is 6.29 Å². The predicted molar refractivity (Wildman–Crippen MR) is 53.5 cm³/mol. The van der Waals surface area contributed by atoms with Crippen molar-refractivity contribution >= 4 is 17.6 Å². The quantitative estimate of drug-likeness (QED) is 0.538. The maximum atomic E-state index is 10.4. The van der Waals surface area contributed by atoms with Gasteiger partial charge in [0.25, 0.3) is 0 Å². The molecule has 0 amide bonds. The molecule has 5 heteroatoms. The van der Waals surface area contributed by atoms with Crippen LogP contribution in [0.2, 0.25) is 0 Å². The van der Waals surface area contributed by atoms with Crippen LogP contribution in [0.1, 0.15) is 35.6 Å². The molecule has 0 unspecified atom stereocenters. The van der Waals surface area contributed by atoms with Crippen LogP contribution in [0, 0.1) is 0 Å². The van der Waals surface area contributed by atoms with Gasteiger partial charge in [0, 0.05) is 18.6 Å². The summed E-state index contributed by atoms with van der Waals surface area (Å²) in [6.45, 7) is 4.89. The molecule has 0 saturated heterocycles. The Bertz CT molecular complexity index is 281. The molecule has 0 bridgehead atoms. The van der Waals surface area contributed by atoms with Gasteiger partial charge in [-0.2, -0.15) is 0 Å². The highest BCUT2D eigenvalue weighted by atomic mass is 32.1. The van der Waals surface area contributed by atoms with Crippen molar-refractivity contribution in [3.8, 4) is 0 Å². The Morgan fingerprint density at radius 3 is 2.57 bits per heavy atom. The van der Waals surface area contributed by atoms with Crippen LogP contribution in [-0.4, -0.2) is 24.5 Å². The fourth-order valence-corrected chi connectivity index (χ4v) is 1.71. The number of hydrogen-bond donors (Lipinski definition) is 0. The molecule has 1 aromatic heterocycles. The Labute approximate surface area is 86.9 Å². The van der Waals surface area contributed by atoms with Crippen molar-refractivity contribution in [2.24, 2.45) is 0 Å². The van der Waals surface area contributed by atoms with Crippen LogP contribution in [0.3, 0.4) is 0 Å². The summed E-state index contributed by atoms with van der Waals surface area (Å²) in [5.41, 5.74) is 0.425. The van der Waals surface area contributed by atoms with E-state index in [1.54, 1.807) is 5.38 Å². The fourth-order valence-electron chi connectivity index (χ4n) is 0.957. The van der Waals surface area contributed by atoms with Crippen LogP contribution in [0.5, 0.6) is 0 Å². The second kappa shape index (κ2) is 5.85. The molecule has 4 nitrogen and oxygen atoms in total. The van der Waals surface area contributed by atoms with E-state index in [2.05, 4.69) is 4.98 Å². The third kappa shape index (κ3) is 2.87. The largest absolute Gasteiger partial charge is 0.347 e. The van der Waals surface area contributed by atoms with E-state index in [1.165, 1.54) is 11.3 Å². The minimum absolute atomic E-state index is 0.425. The zero-order valence-corrected chi connectivity index (χ0v) is 9.04. The van der Waals surface area contributed by atoms with Gasteiger partial charge in [0.15, 0.2) is 6.29 Å². The maximum absolute atomic E-state index is 10.4. The second-order valence-electron chi connectivity index (χ2n) is 2.47. The SMILES string of the molecule is CCOC(OCC)c1nc(C=O)cs1. The maximum Gasteiger partial charge on any atom is 0.210 e. The summed E-state index contributed by atoms with van der Waals surface area (Å²) >= 11 is 1.37. The zero-order valence-electron chi connectivity index (χ0n) is 8.23. The van der Waals surface area contributed by atoms with Crippen molar-refractivity contribution < 1.29 is 14.3 Å². The molecule has 0 aromatic carbocycles. The average molecular weight is 215 g/mol. The molecule has 0 spiro atoms. The molecule has 0 aliphatic carbocycles. The molecule has 1 heterocycles. The van der Waals surface area contributed by atoms with E-state index in [1.807, 2.05) is 13.8 Å². The Hall–Kier alpha value is -0.780. The first kappa shape index (κ1) is 11.3. The number of thiazole rings is 1. The molecular formula is C9H13NO3S. The smallest absolute Gasteiger partial charge is 0.210 e. The van der Waals surface area contributed by atoms with E-state index in [0.29, 0.717) is 23.9 Å². The van der Waals surface area contributed by atoms with Crippen molar-refractivity contribution in [2.45, 2.75) is 20.1 Å². The van der Waals surface area contributed by atoms with Crippen molar-refractivity contribution in [1.82, 2.24) is 4.98 Å². The lowest BCUT2D eigenvalue weighted by Gasteiger charge is -2.13. The van der Waals surface area contributed by atoms with Gasteiger partial charge < -0.3 is 9.47 Å². The van der Waals surface area contributed by atoms with E-state index in [-0.39, 0.29) is 0 Å². The minimum atomic E-state index is -0.441. The summed E-state index contributed by atoms with van der Waals surface area (Å²) in [4.78, 5) is 14.5. The molecule has 0 aliphatic heterocycles. The summed E-state index contributed by atoms with van der Waals surface area (Å²) in [6.07, 6.45) is 0.276. The Balaban J connectivity index is 2.70. The normalized spacial score (nSPS) is 10.8. The lowest BCUT2D eigenvalue weighted by molar-refractivity contribution is -0.140. The summed E-state index contributed by atoms with van der Waals surface area (Å²) in [6, 6.07) is 0. The fraction of sp³-hybridized carbons (Fsp3) is 0.556. The van der Waals surface area contributed by atoms with Crippen LogP contribution in [0.15, 0.2) is 5.38 Å². The van der Waals surface area contributed by atoms with Gasteiger partial charge in [-0.3, -0.25) is 4.79 Å². The van der Waals surface area contributed by atoms with E-state index >= 15 is 0 Å². The minimum Gasteiger partial charge on any atom is -0.347 e. The number of rotatable bonds is 6. The van der Waals surface area contributed by atoms with Gasteiger partial charge in [0.1, 0.15) is 10.7 Å². The molecule has 0 N–H and O–H groups in total. The van der Waals surface area contributed by atoms with Crippen molar-refractivity contribution in [3.63, 3.8) is 0 Å². The molecule has 0 radical (unpaired) electrons. The summed E-state index contributed by atoms with van der Waals surface area (Å²) in [5.74, 6) is 0. The first-order valence-corrected chi connectivity index (χ1v) is 5.33. The molecule has 1 rings (SSSR count). The van der Waals surface area contributed by atoms with E-state index in [0.717, 1.165) is 6.29 Å². The topological polar surface area (TPSA) is 48.4 Å². The van der Waals surface area contributed by atoms with Gasteiger partial charge in [-0.15, -0.1) is 11.3 Å². The van der Waals surface area contributed by atoms with Gasteiger partial charge in [0.05, 0.1) is 0 Å². The Kier molecular flexibility index (Phi) is 4.72. The molecular weight excluding hydrogens is 202 g/mol. The number of ether oxygens (including phenoxy) is 2. The number of aldehydes is 1. The van der Waals surface area contributed by atoms with Crippen LogP contribution < -0.4 is 0 Å². The van der Waals surface area contributed by atoms with E-state index < -0.39 is 6.29 Å². The molecule has 0 atom stereocenters. The number of nitrogens with zero attached hydrogens (tertiary/aromatic N) is 1. The Morgan fingerprint density at radius 2 is 2.14 bits per heavy atom. The first-order chi connectivity index (χ1) is 6.81. The standard InChI is InChI=1S/C9H13NO3S/c1-3-12-9(13-4-2)8-10-7(5-11)6-14-8/h5-6,9H,3-4H2,1-2H3. The van der Waals surface area contributed by atoms with Crippen molar-refractivity contribution in [1.29, 1.82) is 0 Å². The Morgan fingerprint density at radius 1 is 1.50 bits per heavy atom. The second-order valence-corrected chi connectivity index (χ2v) is 3.36. The van der Waals surface area contributed by atoms with Crippen LogP contribution in [-0.2, 0) is 9.47 Å². The number of aromatic nitrogens is 1. The summed E-state index contributed by atoms with van der Waals surface area (Å²) in [7, 11) is 0. The van der Waals surface area contributed by atoms with E-state index in [9.17, 15) is 4.79 Å². The molecule has 78 valence electrons. The highest BCUT2D eigenvalue weighted by Gasteiger charge is 2.15. The van der Waals surface area contributed by atoms with E-state index in [4.69, 9.17) is 9.47 Å². The average Bonchev–Trinajstić information content (AvgIpc) is 2.65. The third-order valence-corrected chi connectivity index (χ3v) is 2.38. The van der Waals surface area contributed by atoms with Crippen molar-refractivity contribution in [2.75, 3.05) is 13.2 Å². The summed E-state index contributed by atoms with van der Waals surface area (Å²) in [5, 5.41) is 2.38. The van der Waals surface area contributed by atoms with Gasteiger partial charge in [-0.1, -0.05) is 0 Å². The molecule has 1 aromatic rings. The summed E-state index contributed by atoms with van der Waals surface area (Å²) < 4.78 is 10.7. The lowest BCUT2D eigenvalue weighted by Crippen LogP contribution is -2.08. The molecule has 0 saturated carbocycles. The predicted octanol–water partition coefficient (Wildman–Crippen LogP) is 2.03. The van der Waals surface area contributed by atoms with Crippen LogP contribution >= 0.6 is 11.3 Å². The highest BCUT2D eigenvalue weighted by molar-refractivity contribution is 7.09. The number of carbonyl (C=O) groups is 1. The lowest BCUT2D eigenvalue weighted by atomic mass is 10.5. The molecule has 0 aliphatic rings. The molecule has 0 fully saturated rings. The van der Waals surface area contributed by atoms with Gasteiger partial charge >= 0.3 is 0 Å². The highest BCUT2D eigenvalue weighted by Crippen LogP contribution is 2.22. The number of hydrogen-bond acceptors (Lipinski definition) is 5. The molecule has 14 heavy (non-hydrogen) atoms. The van der Waals surface area contributed by atoms with Gasteiger partial charge in [-0.25, -0.2) is 4.98 Å². The van der Waals surface area contributed by atoms with Gasteiger partial charge in [-0.05, 0) is 13.8 Å². The van der Waals surface area contributed by atoms with Crippen LogP contribution in [0.4, 0.5) is 0 Å². The first-order valence-electron chi connectivity index (χ1n) is 4.45. The monoisotopic (exact) mass is 215 g/mol. The zero-order chi connectivity index (χ0) is 10.4. The number of carbonyl (C=O) groups excluding carboxylic acids is 1.